The number of phenolic OH excluding ortho intramolecular Hbond substituents is 1. The molecule has 0 aliphatic rings. The van der Waals surface area contributed by atoms with Crippen molar-refractivity contribution in [2.24, 2.45) is 7.05 Å². The van der Waals surface area contributed by atoms with Crippen LogP contribution in [0.1, 0.15) is 32.9 Å². The van der Waals surface area contributed by atoms with Crippen LogP contribution in [0.5, 0.6) is 11.5 Å². The van der Waals surface area contributed by atoms with E-state index < -0.39 is 0 Å². The lowest BCUT2D eigenvalue weighted by Crippen LogP contribution is -1.99. The zero-order valence-corrected chi connectivity index (χ0v) is 14.5. The molecule has 0 aliphatic heterocycles. The number of allylic oxidation sites excluding steroid dienone is 2. The average molecular weight is 326 g/mol. The van der Waals surface area contributed by atoms with Crippen LogP contribution < -0.4 is 4.74 Å². The van der Waals surface area contributed by atoms with E-state index in [0.717, 1.165) is 11.3 Å². The molecule has 0 radical (unpaired) electrons. The highest BCUT2D eigenvalue weighted by molar-refractivity contribution is 6.08. The predicted molar refractivity (Wildman–Crippen MR) is 94.6 cm³/mol. The Labute approximate surface area is 141 Å². The van der Waals surface area contributed by atoms with Gasteiger partial charge in [0.1, 0.15) is 0 Å². The van der Waals surface area contributed by atoms with Crippen molar-refractivity contribution in [2.45, 2.75) is 20.3 Å². The number of hydrogen-bond donors (Lipinski definition) is 1. The van der Waals surface area contributed by atoms with Gasteiger partial charge in [-0.25, -0.2) is 0 Å². The Balaban J connectivity index is 2.36. The molecular weight excluding hydrogens is 304 g/mol. The molecule has 1 N–H and O–H groups in total. The lowest BCUT2D eigenvalue weighted by molar-refractivity contribution is 0.104. The summed E-state index contributed by atoms with van der Waals surface area (Å²) < 4.78 is 6.89. The number of nitrogens with zero attached hydrogens (tertiary/aromatic N) is 2. The lowest BCUT2D eigenvalue weighted by Gasteiger charge is -2.09. The van der Waals surface area contributed by atoms with Gasteiger partial charge in [-0.2, -0.15) is 5.10 Å². The van der Waals surface area contributed by atoms with E-state index in [9.17, 15) is 9.90 Å². The smallest absolute Gasteiger partial charge is 0.189 e. The Morgan fingerprint density at radius 3 is 2.67 bits per heavy atom. The zero-order valence-electron chi connectivity index (χ0n) is 14.5. The van der Waals surface area contributed by atoms with Gasteiger partial charge in [0.15, 0.2) is 17.3 Å². The van der Waals surface area contributed by atoms with Crippen molar-refractivity contribution in [1.29, 1.82) is 0 Å². The van der Waals surface area contributed by atoms with Gasteiger partial charge >= 0.3 is 0 Å². The van der Waals surface area contributed by atoms with Crippen molar-refractivity contribution in [3.63, 3.8) is 0 Å². The van der Waals surface area contributed by atoms with Crippen LogP contribution in [0.3, 0.4) is 0 Å². The second-order valence-corrected chi connectivity index (χ2v) is 5.59. The highest BCUT2D eigenvalue weighted by Gasteiger charge is 2.15. The van der Waals surface area contributed by atoms with Gasteiger partial charge in [0.05, 0.1) is 18.4 Å². The molecule has 1 aromatic heterocycles. The van der Waals surface area contributed by atoms with Gasteiger partial charge in [-0.05, 0) is 44.0 Å². The van der Waals surface area contributed by atoms with E-state index in [0.29, 0.717) is 29.0 Å². The van der Waals surface area contributed by atoms with Crippen molar-refractivity contribution >= 4 is 11.9 Å². The molecular formula is C19H22N2O3. The van der Waals surface area contributed by atoms with Crippen LogP contribution in [0.4, 0.5) is 0 Å². The van der Waals surface area contributed by atoms with E-state index in [1.54, 1.807) is 22.9 Å². The third kappa shape index (κ3) is 3.40. The normalized spacial score (nSPS) is 11.0. The third-order valence-electron chi connectivity index (χ3n) is 3.94. The van der Waals surface area contributed by atoms with Crippen molar-refractivity contribution in [2.75, 3.05) is 7.11 Å². The molecule has 0 saturated heterocycles. The van der Waals surface area contributed by atoms with E-state index >= 15 is 0 Å². The first-order chi connectivity index (χ1) is 11.4. The van der Waals surface area contributed by atoms with E-state index in [4.69, 9.17) is 4.74 Å². The number of phenols is 1. The van der Waals surface area contributed by atoms with Crippen molar-refractivity contribution < 1.29 is 14.6 Å². The van der Waals surface area contributed by atoms with Crippen molar-refractivity contribution in [1.82, 2.24) is 9.78 Å². The minimum Gasteiger partial charge on any atom is -0.504 e. The number of aromatic nitrogens is 2. The number of rotatable bonds is 6. The SMILES string of the molecule is C=CCc1cc(/C=C/C(=O)c2c(C)nn(C)c2C)cc(OC)c1O. The Morgan fingerprint density at radius 1 is 1.42 bits per heavy atom. The number of hydrogen-bond acceptors (Lipinski definition) is 4. The van der Waals surface area contributed by atoms with Crippen molar-refractivity contribution in [3.05, 3.63) is 58.9 Å². The molecule has 0 saturated carbocycles. The predicted octanol–water partition coefficient (Wildman–Crippen LogP) is 3.38. The zero-order chi connectivity index (χ0) is 17.9. The Bertz CT molecular complexity index is 817. The van der Waals surface area contributed by atoms with Crippen LogP contribution in [0.15, 0.2) is 30.9 Å². The standard InChI is InChI=1S/C19H22N2O3/c1-6-7-15-10-14(11-17(24-5)19(15)23)8-9-16(22)18-12(2)20-21(4)13(18)3/h6,8-11,23H,1,7H2,2-5H3/b9-8+. The highest BCUT2D eigenvalue weighted by atomic mass is 16.5. The summed E-state index contributed by atoms with van der Waals surface area (Å²) in [6.07, 6.45) is 5.44. The highest BCUT2D eigenvalue weighted by Crippen LogP contribution is 2.32. The van der Waals surface area contributed by atoms with Crippen LogP contribution >= 0.6 is 0 Å². The maximum atomic E-state index is 12.5. The Hall–Kier alpha value is -2.82. The van der Waals surface area contributed by atoms with Gasteiger partial charge < -0.3 is 9.84 Å². The number of carbonyl (C=O) groups excluding carboxylic acids is 1. The second kappa shape index (κ2) is 7.17. The van der Waals surface area contributed by atoms with E-state index in [1.165, 1.54) is 13.2 Å². The molecule has 5 nitrogen and oxygen atoms in total. The van der Waals surface area contributed by atoms with E-state index in [2.05, 4.69) is 11.7 Å². The first-order valence-electron chi connectivity index (χ1n) is 7.62. The molecule has 2 aromatic rings. The first-order valence-corrected chi connectivity index (χ1v) is 7.62. The van der Waals surface area contributed by atoms with Crippen LogP contribution in [-0.2, 0) is 13.5 Å². The number of aromatic hydroxyl groups is 1. The average Bonchev–Trinajstić information content (AvgIpc) is 2.80. The summed E-state index contributed by atoms with van der Waals surface area (Å²) in [4.78, 5) is 12.5. The number of ether oxygens (including phenoxy) is 1. The summed E-state index contributed by atoms with van der Waals surface area (Å²) in [5.74, 6) is 0.366. The fraction of sp³-hybridized carbons (Fsp3) is 0.263. The fourth-order valence-electron chi connectivity index (χ4n) is 2.64. The molecule has 5 heteroatoms. The number of aryl methyl sites for hydroxylation is 2. The molecule has 1 heterocycles. The lowest BCUT2D eigenvalue weighted by atomic mass is 10.0. The number of ketones is 1. The maximum Gasteiger partial charge on any atom is 0.189 e. The van der Waals surface area contributed by atoms with Gasteiger partial charge in [0.25, 0.3) is 0 Å². The van der Waals surface area contributed by atoms with Gasteiger partial charge in [0, 0.05) is 18.3 Å². The summed E-state index contributed by atoms with van der Waals surface area (Å²) in [5.41, 5.74) is 3.63. The summed E-state index contributed by atoms with van der Waals surface area (Å²) >= 11 is 0. The van der Waals surface area contributed by atoms with E-state index in [1.807, 2.05) is 27.0 Å². The number of benzene rings is 1. The van der Waals surface area contributed by atoms with Crippen LogP contribution in [0.2, 0.25) is 0 Å². The van der Waals surface area contributed by atoms with E-state index in [-0.39, 0.29) is 11.5 Å². The van der Waals surface area contributed by atoms with Gasteiger partial charge in [-0.15, -0.1) is 6.58 Å². The maximum absolute atomic E-state index is 12.5. The molecule has 24 heavy (non-hydrogen) atoms. The summed E-state index contributed by atoms with van der Waals surface area (Å²) in [7, 11) is 3.31. The molecule has 0 fully saturated rings. The summed E-state index contributed by atoms with van der Waals surface area (Å²) in [6, 6.07) is 3.50. The quantitative estimate of drug-likeness (QED) is 0.502. The third-order valence-corrected chi connectivity index (χ3v) is 3.94. The number of methoxy groups -OCH3 is 1. The second-order valence-electron chi connectivity index (χ2n) is 5.59. The van der Waals surface area contributed by atoms with Crippen molar-refractivity contribution in [3.8, 4) is 11.5 Å². The topological polar surface area (TPSA) is 64.4 Å². The molecule has 0 amide bonds. The van der Waals surface area contributed by atoms with Gasteiger partial charge in [0.2, 0.25) is 0 Å². The number of carbonyl (C=O) groups is 1. The largest absolute Gasteiger partial charge is 0.504 e. The van der Waals surface area contributed by atoms with Crippen LogP contribution in [0.25, 0.3) is 6.08 Å². The van der Waals surface area contributed by atoms with Crippen LogP contribution in [0, 0.1) is 13.8 Å². The molecule has 2 rings (SSSR count). The molecule has 126 valence electrons. The molecule has 0 atom stereocenters. The minimum atomic E-state index is -0.101. The summed E-state index contributed by atoms with van der Waals surface area (Å²) in [6.45, 7) is 7.37. The Morgan fingerprint density at radius 2 is 2.12 bits per heavy atom. The van der Waals surface area contributed by atoms with Gasteiger partial charge in [-0.1, -0.05) is 12.2 Å². The van der Waals surface area contributed by atoms with Gasteiger partial charge in [-0.3, -0.25) is 9.48 Å². The molecule has 0 unspecified atom stereocenters. The molecule has 0 spiro atoms. The molecule has 0 aliphatic carbocycles. The Kier molecular flexibility index (Phi) is 5.24. The first kappa shape index (κ1) is 17.5. The summed E-state index contributed by atoms with van der Waals surface area (Å²) in [5, 5.41) is 14.4. The fourth-order valence-corrected chi connectivity index (χ4v) is 2.64. The minimum absolute atomic E-state index is 0.0971. The van der Waals surface area contributed by atoms with Crippen LogP contribution in [-0.4, -0.2) is 27.8 Å². The molecule has 1 aromatic carbocycles. The monoisotopic (exact) mass is 326 g/mol. The molecule has 0 bridgehead atoms.